The molecule has 4 heteroatoms. The Morgan fingerprint density at radius 3 is 1.73 bits per heavy atom. The number of thiophene rings is 1. The Balaban J connectivity index is 1.25. The highest BCUT2D eigenvalue weighted by atomic mass is 32.1. The maximum absolute atomic E-state index is 5.20. The van der Waals surface area contributed by atoms with Crippen LogP contribution in [0.2, 0.25) is 0 Å². The quantitative estimate of drug-likeness (QED) is 0.204. The Morgan fingerprint density at radius 2 is 0.933 bits per heavy atom. The van der Waals surface area contributed by atoms with Crippen molar-refractivity contribution >= 4 is 53.1 Å². The number of rotatable bonds is 4. The number of aromatic nitrogens is 3. The third kappa shape index (κ3) is 4.46. The van der Waals surface area contributed by atoms with Crippen LogP contribution in [0.25, 0.3) is 87.0 Å². The Kier molecular flexibility index (Phi) is 6.00. The standard InChI is InChI=1S/C41H25N3S/c1-2-11-28(12-3-1)39-42-40(29-21-18-27(19-22-29)31-23-20-26-10-4-5-13-30(26)24-31)44-41(43-39)37-33-15-7-6-14-32(33)25-35-34-16-8-9-17-36(34)45-38(35)37/h1-25H. The first kappa shape index (κ1) is 25.8. The molecule has 45 heavy (non-hydrogen) atoms. The highest BCUT2D eigenvalue weighted by Gasteiger charge is 2.19. The van der Waals surface area contributed by atoms with Crippen LogP contribution < -0.4 is 0 Å². The monoisotopic (exact) mass is 591 g/mol. The zero-order chi connectivity index (χ0) is 29.7. The van der Waals surface area contributed by atoms with Crippen molar-refractivity contribution in [3.63, 3.8) is 0 Å². The second kappa shape index (κ2) is 10.5. The lowest BCUT2D eigenvalue weighted by molar-refractivity contribution is 1.08. The number of benzene rings is 7. The second-order valence-electron chi connectivity index (χ2n) is 11.3. The summed E-state index contributed by atoms with van der Waals surface area (Å²) >= 11 is 1.80. The van der Waals surface area contributed by atoms with Crippen molar-refractivity contribution in [3.05, 3.63) is 152 Å². The molecule has 9 aromatic rings. The molecule has 0 bridgehead atoms. The summed E-state index contributed by atoms with van der Waals surface area (Å²) in [4.78, 5) is 15.4. The van der Waals surface area contributed by atoms with Gasteiger partial charge in [-0.15, -0.1) is 11.3 Å². The van der Waals surface area contributed by atoms with E-state index in [1.54, 1.807) is 11.3 Å². The Hall–Kier alpha value is -5.71. The van der Waals surface area contributed by atoms with Crippen LogP contribution in [0.1, 0.15) is 0 Å². The van der Waals surface area contributed by atoms with Crippen LogP contribution in [0.15, 0.2) is 152 Å². The molecular weight excluding hydrogens is 567 g/mol. The molecule has 3 nitrogen and oxygen atoms in total. The first-order valence-corrected chi connectivity index (χ1v) is 15.8. The summed E-state index contributed by atoms with van der Waals surface area (Å²) in [5, 5.41) is 7.27. The summed E-state index contributed by atoms with van der Waals surface area (Å²) < 4.78 is 2.45. The Labute approximate surface area is 264 Å². The lowest BCUT2D eigenvalue weighted by Gasteiger charge is -2.12. The van der Waals surface area contributed by atoms with E-state index in [1.807, 2.05) is 18.2 Å². The Morgan fingerprint density at radius 1 is 0.356 bits per heavy atom. The molecule has 0 atom stereocenters. The molecule has 0 N–H and O–H groups in total. The lowest BCUT2D eigenvalue weighted by atomic mass is 9.99. The number of fused-ring (bicyclic) bond motifs is 5. The summed E-state index contributed by atoms with van der Waals surface area (Å²) in [6.45, 7) is 0. The van der Waals surface area contributed by atoms with E-state index in [9.17, 15) is 0 Å². The maximum atomic E-state index is 5.20. The van der Waals surface area contributed by atoms with Crippen LogP contribution in [0.5, 0.6) is 0 Å². The van der Waals surface area contributed by atoms with Crippen molar-refractivity contribution in [1.82, 2.24) is 15.0 Å². The minimum absolute atomic E-state index is 0.658. The van der Waals surface area contributed by atoms with Gasteiger partial charge in [0.1, 0.15) is 0 Å². The van der Waals surface area contributed by atoms with Crippen molar-refractivity contribution in [2.75, 3.05) is 0 Å². The van der Waals surface area contributed by atoms with Gasteiger partial charge in [0.05, 0.1) is 0 Å². The van der Waals surface area contributed by atoms with Gasteiger partial charge >= 0.3 is 0 Å². The van der Waals surface area contributed by atoms with E-state index in [-0.39, 0.29) is 0 Å². The first-order valence-electron chi connectivity index (χ1n) is 15.0. The molecule has 0 aliphatic rings. The molecular formula is C41H25N3S. The smallest absolute Gasteiger partial charge is 0.166 e. The normalized spacial score (nSPS) is 11.6. The molecule has 7 aromatic carbocycles. The summed E-state index contributed by atoms with van der Waals surface area (Å²) in [6.07, 6.45) is 0. The lowest BCUT2D eigenvalue weighted by Crippen LogP contribution is -2.00. The molecule has 2 aromatic heterocycles. The van der Waals surface area contributed by atoms with Gasteiger partial charge in [-0.05, 0) is 50.9 Å². The second-order valence-corrected chi connectivity index (χ2v) is 12.3. The highest BCUT2D eigenvalue weighted by molar-refractivity contribution is 7.26. The van der Waals surface area contributed by atoms with Crippen LogP contribution in [0.3, 0.4) is 0 Å². The molecule has 0 radical (unpaired) electrons. The maximum Gasteiger partial charge on any atom is 0.166 e. The Bertz CT molecular complexity index is 2530. The van der Waals surface area contributed by atoms with Crippen LogP contribution >= 0.6 is 11.3 Å². The van der Waals surface area contributed by atoms with E-state index >= 15 is 0 Å². The van der Waals surface area contributed by atoms with Gasteiger partial charge in [0.2, 0.25) is 0 Å². The van der Waals surface area contributed by atoms with Crippen molar-refractivity contribution in [2.24, 2.45) is 0 Å². The van der Waals surface area contributed by atoms with E-state index in [2.05, 4.69) is 133 Å². The van der Waals surface area contributed by atoms with Crippen LogP contribution in [0, 0.1) is 0 Å². The van der Waals surface area contributed by atoms with Crippen molar-refractivity contribution in [2.45, 2.75) is 0 Å². The van der Waals surface area contributed by atoms with Gasteiger partial charge in [-0.2, -0.15) is 0 Å². The largest absolute Gasteiger partial charge is 0.208 e. The minimum Gasteiger partial charge on any atom is -0.208 e. The van der Waals surface area contributed by atoms with E-state index in [0.717, 1.165) is 27.6 Å². The van der Waals surface area contributed by atoms with Gasteiger partial charge in [0, 0.05) is 36.9 Å². The number of hydrogen-bond acceptors (Lipinski definition) is 4. The summed E-state index contributed by atoms with van der Waals surface area (Å²) in [5.74, 6) is 2.01. The molecule has 2 heterocycles. The van der Waals surface area contributed by atoms with Gasteiger partial charge in [-0.1, -0.05) is 133 Å². The highest BCUT2D eigenvalue weighted by Crippen LogP contribution is 2.43. The fourth-order valence-electron chi connectivity index (χ4n) is 6.26. The molecule has 0 saturated carbocycles. The van der Waals surface area contributed by atoms with Crippen molar-refractivity contribution in [3.8, 4) is 45.3 Å². The molecule has 0 fully saturated rings. The molecule has 0 saturated heterocycles. The van der Waals surface area contributed by atoms with Crippen LogP contribution in [-0.2, 0) is 0 Å². The van der Waals surface area contributed by atoms with Gasteiger partial charge < -0.3 is 0 Å². The third-order valence-electron chi connectivity index (χ3n) is 8.51. The third-order valence-corrected chi connectivity index (χ3v) is 9.71. The molecule has 0 aliphatic carbocycles. The minimum atomic E-state index is 0.658. The molecule has 0 aliphatic heterocycles. The predicted octanol–water partition coefficient (Wildman–Crippen LogP) is 11.2. The zero-order valence-electron chi connectivity index (χ0n) is 24.2. The molecule has 0 unspecified atom stereocenters. The van der Waals surface area contributed by atoms with E-state index in [1.165, 1.54) is 41.9 Å². The molecule has 9 rings (SSSR count). The average Bonchev–Trinajstić information content (AvgIpc) is 3.48. The fraction of sp³-hybridized carbons (Fsp3) is 0. The SMILES string of the molecule is c1ccc(-c2nc(-c3ccc(-c4ccc5ccccc5c4)cc3)nc(-c3c4ccccc4cc4c3sc3ccccc34)n2)cc1. The van der Waals surface area contributed by atoms with Gasteiger partial charge in [-0.3, -0.25) is 0 Å². The van der Waals surface area contributed by atoms with Gasteiger partial charge in [-0.25, -0.2) is 15.0 Å². The summed E-state index contributed by atoms with van der Waals surface area (Å²) in [5.41, 5.74) is 5.31. The summed E-state index contributed by atoms with van der Waals surface area (Å²) in [6, 6.07) is 53.3. The summed E-state index contributed by atoms with van der Waals surface area (Å²) in [7, 11) is 0. The van der Waals surface area contributed by atoms with E-state index < -0.39 is 0 Å². The van der Waals surface area contributed by atoms with Crippen LogP contribution in [0.4, 0.5) is 0 Å². The average molecular weight is 592 g/mol. The fourth-order valence-corrected chi connectivity index (χ4v) is 7.50. The number of nitrogens with zero attached hydrogens (tertiary/aromatic N) is 3. The van der Waals surface area contributed by atoms with E-state index in [0.29, 0.717) is 17.5 Å². The molecule has 210 valence electrons. The number of hydrogen-bond donors (Lipinski definition) is 0. The zero-order valence-corrected chi connectivity index (χ0v) is 25.0. The van der Waals surface area contributed by atoms with Crippen molar-refractivity contribution < 1.29 is 0 Å². The first-order chi connectivity index (χ1) is 22.3. The van der Waals surface area contributed by atoms with Gasteiger partial charge in [0.25, 0.3) is 0 Å². The molecule has 0 spiro atoms. The van der Waals surface area contributed by atoms with Crippen LogP contribution in [-0.4, -0.2) is 15.0 Å². The topological polar surface area (TPSA) is 38.7 Å². The molecule has 0 amide bonds. The van der Waals surface area contributed by atoms with E-state index in [4.69, 9.17) is 15.0 Å². The van der Waals surface area contributed by atoms with Crippen molar-refractivity contribution in [1.29, 1.82) is 0 Å². The predicted molar refractivity (Wildman–Crippen MR) is 189 cm³/mol. The van der Waals surface area contributed by atoms with Gasteiger partial charge in [0.15, 0.2) is 17.5 Å².